The van der Waals surface area contributed by atoms with E-state index >= 15 is 0 Å². The number of carbonyl (C=O) groups is 1. The Kier molecular flexibility index (Phi) is 46.7. The highest BCUT2D eigenvalue weighted by atomic mass is 31.2. The van der Waals surface area contributed by atoms with Crippen LogP contribution in [0.25, 0.3) is 0 Å². The van der Waals surface area contributed by atoms with Gasteiger partial charge in [-0.2, -0.15) is 0 Å². The number of allylic oxidation sites excluding steroid dienone is 9. The van der Waals surface area contributed by atoms with Gasteiger partial charge in [-0.3, -0.25) is 13.8 Å². The number of amides is 1. The molecule has 0 fully saturated rings. The second-order valence-electron chi connectivity index (χ2n) is 17.5. The highest BCUT2D eigenvalue weighted by Gasteiger charge is 2.27. The minimum Gasteiger partial charge on any atom is -0.393 e. The van der Waals surface area contributed by atoms with Crippen LogP contribution in [0.1, 0.15) is 232 Å². The first-order chi connectivity index (χ1) is 30.8. The van der Waals surface area contributed by atoms with Crippen molar-refractivity contribution in [1.82, 2.24) is 5.32 Å². The maximum atomic E-state index is 12.9. The Bertz CT molecular complexity index is 1190. The molecule has 0 radical (unpaired) electrons. The van der Waals surface area contributed by atoms with E-state index in [4.69, 9.17) is 14.8 Å². The Balaban J connectivity index is 4.30. The van der Waals surface area contributed by atoms with Crippen LogP contribution in [-0.4, -0.2) is 59.0 Å². The number of hydrogen-bond acceptors (Lipinski definition) is 7. The number of hydrogen-bond donors (Lipinski definition) is 5. The zero-order chi connectivity index (χ0) is 46.2. The Hall–Kier alpha value is -1.84. The number of unbranched alkanes of at least 4 members (excludes halogenated alkanes) is 26. The lowest BCUT2D eigenvalue weighted by atomic mass is 10.0. The monoisotopic (exact) mass is 907 g/mol. The standard InChI is InChI=1S/C53H99N2O7P/c1-3-5-7-9-11-13-15-17-19-21-23-25-26-28-30-32-34-36-38-40-42-44-50(56)48-53(58)55-51(49-62-63(59,60)61-47-46-54)52(57)45-43-41-39-37-35-33-31-29-27-24-22-20-18-16-14-12-10-8-6-4-2/h23,25,27-30,35,37,43,45,50-52,56-57H,3-22,24,26,31-34,36,38-42,44,46-49,54H2,1-2H3,(H,55,58)(H,59,60)/b25-23-,29-27+,30-28-,37-35+,45-43+. The number of carbonyl (C=O) groups excluding carboxylic acids is 1. The molecule has 0 spiro atoms. The molecule has 0 aromatic heterocycles. The second kappa shape index (κ2) is 48.1. The molecule has 9 nitrogen and oxygen atoms in total. The molecule has 368 valence electrons. The van der Waals surface area contributed by atoms with Crippen molar-refractivity contribution in [3.63, 3.8) is 0 Å². The van der Waals surface area contributed by atoms with Crippen molar-refractivity contribution in [3.05, 3.63) is 60.8 Å². The summed E-state index contributed by atoms with van der Waals surface area (Å²) in [5.74, 6) is -0.468. The summed E-state index contributed by atoms with van der Waals surface area (Å²) < 4.78 is 22.2. The normalized spacial score (nSPS) is 14.8. The Labute approximate surface area is 387 Å². The summed E-state index contributed by atoms with van der Waals surface area (Å²) >= 11 is 0. The summed E-state index contributed by atoms with van der Waals surface area (Å²) in [6.45, 7) is 3.95. The lowest BCUT2D eigenvalue weighted by molar-refractivity contribution is -0.124. The first kappa shape index (κ1) is 61.2. The van der Waals surface area contributed by atoms with Crippen molar-refractivity contribution >= 4 is 13.7 Å². The first-order valence-electron chi connectivity index (χ1n) is 26.0. The minimum absolute atomic E-state index is 0.0385. The fourth-order valence-electron chi connectivity index (χ4n) is 7.41. The van der Waals surface area contributed by atoms with Crippen molar-refractivity contribution in [2.24, 2.45) is 5.73 Å². The average molecular weight is 907 g/mol. The van der Waals surface area contributed by atoms with Crippen LogP contribution in [0.4, 0.5) is 0 Å². The quantitative estimate of drug-likeness (QED) is 0.0230. The molecule has 63 heavy (non-hydrogen) atoms. The number of phosphoric ester groups is 1. The van der Waals surface area contributed by atoms with Crippen LogP contribution in [0.3, 0.4) is 0 Å². The summed E-state index contributed by atoms with van der Waals surface area (Å²) in [6.07, 6.45) is 58.9. The van der Waals surface area contributed by atoms with E-state index in [1.165, 1.54) is 128 Å². The molecule has 0 aliphatic carbocycles. The fraction of sp³-hybridized carbons (Fsp3) is 0.792. The lowest BCUT2D eigenvalue weighted by Crippen LogP contribution is -2.46. The molecular formula is C53H99N2O7P. The largest absolute Gasteiger partial charge is 0.472 e. The van der Waals surface area contributed by atoms with Gasteiger partial charge in [-0.05, 0) is 77.0 Å². The summed E-state index contributed by atoms with van der Waals surface area (Å²) in [5, 5.41) is 24.1. The van der Waals surface area contributed by atoms with E-state index in [1.54, 1.807) is 6.08 Å². The summed E-state index contributed by atoms with van der Waals surface area (Å²) in [4.78, 5) is 22.9. The molecule has 0 bridgehead atoms. The maximum absolute atomic E-state index is 12.9. The Morgan fingerprint density at radius 1 is 0.556 bits per heavy atom. The molecule has 0 aliphatic heterocycles. The van der Waals surface area contributed by atoms with Crippen molar-refractivity contribution in [3.8, 4) is 0 Å². The zero-order valence-electron chi connectivity index (χ0n) is 40.7. The van der Waals surface area contributed by atoms with E-state index in [1.807, 2.05) is 6.08 Å². The number of aliphatic hydroxyl groups excluding tert-OH is 2. The molecule has 6 N–H and O–H groups in total. The molecular weight excluding hydrogens is 808 g/mol. The van der Waals surface area contributed by atoms with Crippen LogP contribution in [0.15, 0.2) is 60.8 Å². The molecule has 0 aromatic carbocycles. The van der Waals surface area contributed by atoms with Crippen LogP contribution in [-0.2, 0) is 18.4 Å². The number of aliphatic hydroxyl groups is 2. The second-order valence-corrected chi connectivity index (χ2v) is 19.0. The third-order valence-corrected chi connectivity index (χ3v) is 12.3. The smallest absolute Gasteiger partial charge is 0.393 e. The van der Waals surface area contributed by atoms with E-state index in [-0.39, 0.29) is 19.6 Å². The van der Waals surface area contributed by atoms with Gasteiger partial charge in [0.1, 0.15) is 0 Å². The van der Waals surface area contributed by atoms with Gasteiger partial charge in [0.25, 0.3) is 0 Å². The topological polar surface area (TPSA) is 151 Å². The van der Waals surface area contributed by atoms with Gasteiger partial charge in [0, 0.05) is 6.54 Å². The summed E-state index contributed by atoms with van der Waals surface area (Å²) in [6, 6.07) is -1.01. The van der Waals surface area contributed by atoms with Crippen molar-refractivity contribution < 1.29 is 33.5 Å². The molecule has 0 saturated heterocycles. The van der Waals surface area contributed by atoms with E-state index in [2.05, 4.69) is 67.8 Å². The zero-order valence-corrected chi connectivity index (χ0v) is 41.6. The Morgan fingerprint density at radius 3 is 1.41 bits per heavy atom. The van der Waals surface area contributed by atoms with Crippen LogP contribution in [0.2, 0.25) is 0 Å². The first-order valence-corrected chi connectivity index (χ1v) is 27.5. The molecule has 4 atom stereocenters. The van der Waals surface area contributed by atoms with E-state index in [0.29, 0.717) is 12.8 Å². The van der Waals surface area contributed by atoms with Gasteiger partial charge < -0.3 is 26.2 Å². The number of rotatable bonds is 48. The number of phosphoric acid groups is 1. The van der Waals surface area contributed by atoms with Gasteiger partial charge in [0.2, 0.25) is 5.91 Å². The fourth-order valence-corrected chi connectivity index (χ4v) is 8.17. The molecule has 0 aliphatic rings. The van der Waals surface area contributed by atoms with Crippen LogP contribution >= 0.6 is 7.82 Å². The van der Waals surface area contributed by atoms with Crippen LogP contribution in [0.5, 0.6) is 0 Å². The Morgan fingerprint density at radius 2 is 0.952 bits per heavy atom. The number of nitrogens with two attached hydrogens (primary N) is 1. The molecule has 0 aromatic rings. The third-order valence-electron chi connectivity index (χ3n) is 11.3. The number of nitrogens with one attached hydrogen (secondary N) is 1. The van der Waals surface area contributed by atoms with E-state index < -0.39 is 38.6 Å². The average Bonchev–Trinajstić information content (AvgIpc) is 3.26. The van der Waals surface area contributed by atoms with Gasteiger partial charge in [-0.15, -0.1) is 0 Å². The molecule has 4 unspecified atom stereocenters. The highest BCUT2D eigenvalue weighted by molar-refractivity contribution is 7.47. The molecule has 10 heteroatoms. The van der Waals surface area contributed by atoms with Crippen molar-refractivity contribution in [2.75, 3.05) is 19.8 Å². The molecule has 1 amide bonds. The summed E-state index contributed by atoms with van der Waals surface area (Å²) in [5.41, 5.74) is 5.38. The van der Waals surface area contributed by atoms with Gasteiger partial charge in [0.15, 0.2) is 0 Å². The lowest BCUT2D eigenvalue weighted by Gasteiger charge is -2.24. The van der Waals surface area contributed by atoms with Crippen molar-refractivity contribution in [1.29, 1.82) is 0 Å². The minimum atomic E-state index is -4.42. The maximum Gasteiger partial charge on any atom is 0.472 e. The van der Waals surface area contributed by atoms with Crippen LogP contribution in [0, 0.1) is 0 Å². The molecule has 0 heterocycles. The third kappa shape index (κ3) is 46.5. The molecule has 0 saturated carbocycles. The van der Waals surface area contributed by atoms with E-state index in [9.17, 15) is 24.5 Å². The van der Waals surface area contributed by atoms with Gasteiger partial charge >= 0.3 is 7.82 Å². The van der Waals surface area contributed by atoms with Gasteiger partial charge in [-0.25, -0.2) is 4.57 Å². The summed E-state index contributed by atoms with van der Waals surface area (Å²) in [7, 11) is -4.42. The highest BCUT2D eigenvalue weighted by Crippen LogP contribution is 2.43. The van der Waals surface area contributed by atoms with Crippen molar-refractivity contribution in [2.45, 2.75) is 250 Å². The molecule has 0 rings (SSSR count). The van der Waals surface area contributed by atoms with Crippen LogP contribution < -0.4 is 11.1 Å². The SMILES string of the molecule is CCCCCCCCCCC/C=C\C/C=C\CCCCCCCC(O)CC(=O)NC(COP(=O)(O)OCCN)C(O)/C=C/CC/C=C/CC/C=C/CCCCCCCCCCCC. The van der Waals surface area contributed by atoms with Gasteiger partial charge in [0.05, 0.1) is 37.9 Å². The van der Waals surface area contributed by atoms with E-state index in [0.717, 1.165) is 70.6 Å². The predicted molar refractivity (Wildman–Crippen MR) is 269 cm³/mol. The predicted octanol–water partition coefficient (Wildman–Crippen LogP) is 14.4. The van der Waals surface area contributed by atoms with Gasteiger partial charge in [-0.1, -0.05) is 209 Å².